The van der Waals surface area contributed by atoms with Gasteiger partial charge < -0.3 is 9.84 Å². The number of ether oxygens (including phenoxy) is 1. The van der Waals surface area contributed by atoms with Crippen molar-refractivity contribution in [1.29, 1.82) is 0 Å². The highest BCUT2D eigenvalue weighted by atomic mass is 32.2. The van der Waals surface area contributed by atoms with E-state index >= 15 is 0 Å². The number of carboxylic acids is 1. The first kappa shape index (κ1) is 15.3. The topological polar surface area (TPSA) is 83.9 Å². The molecule has 1 aliphatic heterocycles. The standard InChI is InChI=1S/C9H15F2NO5S/c1-2-3-12(18(15,16)9(10)11)7-5-17-4-6(7)8(13)14/h6-7,9H,2-5H2,1H3,(H,13,14). The predicted molar refractivity (Wildman–Crippen MR) is 57.7 cm³/mol. The lowest BCUT2D eigenvalue weighted by Gasteiger charge is -2.28. The molecule has 0 aromatic heterocycles. The monoisotopic (exact) mass is 287 g/mol. The zero-order chi connectivity index (χ0) is 13.9. The Hall–Kier alpha value is -0.800. The molecule has 0 spiro atoms. The van der Waals surface area contributed by atoms with Gasteiger partial charge in [-0.15, -0.1) is 0 Å². The molecular weight excluding hydrogens is 272 g/mol. The smallest absolute Gasteiger partial charge is 0.350 e. The van der Waals surface area contributed by atoms with Crippen molar-refractivity contribution in [1.82, 2.24) is 4.31 Å². The Kier molecular flexibility index (Phi) is 5.00. The second-order valence-electron chi connectivity index (χ2n) is 3.97. The molecule has 18 heavy (non-hydrogen) atoms. The number of rotatable bonds is 6. The molecule has 6 nitrogen and oxygen atoms in total. The van der Waals surface area contributed by atoms with Crippen molar-refractivity contribution in [2.24, 2.45) is 5.92 Å². The Labute approximate surface area is 104 Å². The Morgan fingerprint density at radius 2 is 2.11 bits per heavy atom. The van der Waals surface area contributed by atoms with Gasteiger partial charge in [-0.3, -0.25) is 4.79 Å². The van der Waals surface area contributed by atoms with Crippen molar-refractivity contribution in [3.63, 3.8) is 0 Å². The summed E-state index contributed by atoms with van der Waals surface area (Å²) in [5.41, 5.74) is 0. The molecule has 1 N–H and O–H groups in total. The van der Waals surface area contributed by atoms with Crippen molar-refractivity contribution >= 4 is 16.0 Å². The Morgan fingerprint density at radius 3 is 2.56 bits per heavy atom. The van der Waals surface area contributed by atoms with Crippen molar-refractivity contribution in [2.75, 3.05) is 19.8 Å². The molecule has 0 aromatic rings. The summed E-state index contributed by atoms with van der Waals surface area (Å²) < 4.78 is 53.6. The van der Waals surface area contributed by atoms with Crippen LogP contribution in [0.5, 0.6) is 0 Å². The van der Waals surface area contributed by atoms with Gasteiger partial charge in [0.25, 0.3) is 10.0 Å². The van der Waals surface area contributed by atoms with Gasteiger partial charge in [-0.05, 0) is 6.42 Å². The van der Waals surface area contributed by atoms with E-state index in [2.05, 4.69) is 0 Å². The highest BCUT2D eigenvalue weighted by Gasteiger charge is 2.45. The fourth-order valence-electron chi connectivity index (χ4n) is 1.87. The van der Waals surface area contributed by atoms with E-state index in [1.54, 1.807) is 6.92 Å². The number of alkyl halides is 2. The first-order valence-corrected chi connectivity index (χ1v) is 6.92. The molecule has 0 amide bonds. The van der Waals surface area contributed by atoms with E-state index in [0.717, 1.165) is 0 Å². The highest BCUT2D eigenvalue weighted by Crippen LogP contribution is 2.25. The molecule has 1 aliphatic rings. The quantitative estimate of drug-likeness (QED) is 0.762. The molecule has 1 heterocycles. The van der Waals surface area contributed by atoms with Crippen molar-refractivity contribution in [3.8, 4) is 0 Å². The molecule has 2 unspecified atom stereocenters. The minimum absolute atomic E-state index is 0.148. The summed E-state index contributed by atoms with van der Waals surface area (Å²) in [5.74, 6) is -5.91. The molecule has 9 heteroatoms. The maximum atomic E-state index is 12.5. The van der Waals surface area contributed by atoms with Gasteiger partial charge in [0, 0.05) is 6.54 Å². The lowest BCUT2D eigenvalue weighted by Crippen LogP contribution is -2.48. The van der Waals surface area contributed by atoms with Gasteiger partial charge in [-0.25, -0.2) is 8.42 Å². The van der Waals surface area contributed by atoms with Crippen LogP contribution in [0.4, 0.5) is 8.78 Å². The summed E-state index contributed by atoms with van der Waals surface area (Å²) >= 11 is 0. The third kappa shape index (κ3) is 2.96. The fraction of sp³-hybridized carbons (Fsp3) is 0.889. The molecule has 0 radical (unpaired) electrons. The van der Waals surface area contributed by atoms with Gasteiger partial charge in [-0.1, -0.05) is 6.92 Å². The third-order valence-electron chi connectivity index (χ3n) is 2.73. The number of hydrogen-bond acceptors (Lipinski definition) is 4. The average molecular weight is 287 g/mol. The van der Waals surface area contributed by atoms with Crippen molar-refractivity contribution in [2.45, 2.75) is 25.1 Å². The van der Waals surface area contributed by atoms with Crippen LogP contribution in [0, 0.1) is 5.92 Å². The van der Waals surface area contributed by atoms with E-state index < -0.39 is 33.7 Å². The summed E-state index contributed by atoms with van der Waals surface area (Å²) in [6, 6.07) is -1.07. The van der Waals surface area contributed by atoms with Crippen LogP contribution in [0.1, 0.15) is 13.3 Å². The Balaban J connectivity index is 3.02. The first-order chi connectivity index (χ1) is 8.32. The molecule has 0 aliphatic carbocycles. The second kappa shape index (κ2) is 5.89. The van der Waals surface area contributed by atoms with Gasteiger partial charge in [0.05, 0.1) is 25.2 Å². The van der Waals surface area contributed by atoms with E-state index in [-0.39, 0.29) is 19.8 Å². The van der Waals surface area contributed by atoms with Gasteiger partial charge in [-0.2, -0.15) is 13.1 Å². The summed E-state index contributed by atoms with van der Waals surface area (Å²) in [4.78, 5) is 10.9. The van der Waals surface area contributed by atoms with E-state index in [1.165, 1.54) is 0 Å². The van der Waals surface area contributed by atoms with Crippen LogP contribution in [0.2, 0.25) is 0 Å². The number of sulfonamides is 1. The number of hydrogen-bond donors (Lipinski definition) is 1. The molecular formula is C9H15F2NO5S. The zero-order valence-electron chi connectivity index (χ0n) is 9.75. The summed E-state index contributed by atoms with van der Waals surface area (Å²) in [6.45, 7) is 1.13. The molecule has 106 valence electrons. The minimum Gasteiger partial charge on any atom is -0.481 e. The second-order valence-corrected chi connectivity index (χ2v) is 5.82. The van der Waals surface area contributed by atoms with E-state index in [0.29, 0.717) is 10.7 Å². The average Bonchev–Trinajstić information content (AvgIpc) is 2.73. The van der Waals surface area contributed by atoms with Gasteiger partial charge >= 0.3 is 11.7 Å². The van der Waals surface area contributed by atoms with Crippen LogP contribution in [-0.4, -0.2) is 55.4 Å². The number of aliphatic carboxylic acids is 1. The number of halogens is 2. The maximum Gasteiger partial charge on any atom is 0.350 e. The van der Waals surface area contributed by atoms with Crippen LogP contribution in [-0.2, 0) is 19.6 Å². The lowest BCUT2D eigenvalue weighted by molar-refractivity contribution is -0.142. The summed E-state index contributed by atoms with van der Waals surface area (Å²) in [7, 11) is -4.79. The molecule has 0 bridgehead atoms. The van der Waals surface area contributed by atoms with E-state index in [9.17, 15) is 22.0 Å². The molecule has 2 atom stereocenters. The SMILES string of the molecule is CCCN(C1COCC1C(=O)O)S(=O)(=O)C(F)F. The van der Waals surface area contributed by atoms with Gasteiger partial charge in [0.1, 0.15) is 0 Å². The van der Waals surface area contributed by atoms with Crippen LogP contribution in [0.3, 0.4) is 0 Å². The van der Waals surface area contributed by atoms with E-state index in [4.69, 9.17) is 9.84 Å². The normalized spacial score (nSPS) is 24.9. The first-order valence-electron chi connectivity index (χ1n) is 5.41. The molecule has 0 saturated carbocycles. The summed E-state index contributed by atoms with van der Waals surface area (Å²) in [6.07, 6.45) is 0.314. The predicted octanol–water partition coefficient (Wildman–Crippen LogP) is 0.350. The zero-order valence-corrected chi connectivity index (χ0v) is 10.6. The van der Waals surface area contributed by atoms with E-state index in [1.807, 2.05) is 0 Å². The molecule has 0 aromatic carbocycles. The minimum atomic E-state index is -4.79. The number of carboxylic acid groups (broad SMARTS) is 1. The molecule has 1 fully saturated rings. The molecule has 1 rings (SSSR count). The van der Waals surface area contributed by atoms with Crippen molar-refractivity contribution in [3.05, 3.63) is 0 Å². The van der Waals surface area contributed by atoms with Gasteiger partial charge in [0.15, 0.2) is 0 Å². The third-order valence-corrected chi connectivity index (χ3v) is 4.29. The van der Waals surface area contributed by atoms with Crippen LogP contribution < -0.4 is 0 Å². The number of nitrogens with zero attached hydrogens (tertiary/aromatic N) is 1. The molecule has 1 saturated heterocycles. The number of carbonyl (C=O) groups is 1. The van der Waals surface area contributed by atoms with Gasteiger partial charge in [0.2, 0.25) is 0 Å². The largest absolute Gasteiger partial charge is 0.481 e. The Bertz CT molecular complexity index is 400. The van der Waals surface area contributed by atoms with Crippen LogP contribution >= 0.6 is 0 Å². The van der Waals surface area contributed by atoms with Crippen molar-refractivity contribution < 1.29 is 31.8 Å². The van der Waals surface area contributed by atoms with Crippen LogP contribution in [0.25, 0.3) is 0 Å². The lowest BCUT2D eigenvalue weighted by atomic mass is 10.0. The highest BCUT2D eigenvalue weighted by molar-refractivity contribution is 7.89. The van der Waals surface area contributed by atoms with Crippen LogP contribution in [0.15, 0.2) is 0 Å². The maximum absolute atomic E-state index is 12.5. The Morgan fingerprint density at radius 1 is 1.50 bits per heavy atom. The fourth-order valence-corrected chi connectivity index (χ4v) is 3.09. The summed E-state index contributed by atoms with van der Waals surface area (Å²) in [5, 5.41) is 8.92.